The van der Waals surface area contributed by atoms with Crippen molar-refractivity contribution in [3.63, 3.8) is 0 Å². The van der Waals surface area contributed by atoms with E-state index >= 15 is 0 Å². The third kappa shape index (κ3) is 9.43. The van der Waals surface area contributed by atoms with Crippen molar-refractivity contribution in [3.8, 4) is 0 Å². The fourth-order valence-corrected chi connectivity index (χ4v) is 8.88. The van der Waals surface area contributed by atoms with Gasteiger partial charge in [0.05, 0.1) is 0 Å². The van der Waals surface area contributed by atoms with Crippen molar-refractivity contribution in [1.29, 1.82) is 0 Å². The highest BCUT2D eigenvalue weighted by Gasteiger charge is 2.43. The summed E-state index contributed by atoms with van der Waals surface area (Å²) in [4.78, 5) is 16.0. The third-order valence-corrected chi connectivity index (χ3v) is 13.7. The smallest absolute Gasteiger partial charge is 0.0187 e. The molecule has 0 bridgehead atoms. The highest BCUT2D eigenvalue weighted by Crippen LogP contribution is 2.39. The quantitative estimate of drug-likeness (QED) is 0.244. The fourth-order valence-electron chi connectivity index (χ4n) is 8.88. The van der Waals surface area contributed by atoms with E-state index in [1.54, 1.807) is 0 Å². The van der Waals surface area contributed by atoms with E-state index in [0.29, 0.717) is 36.0 Å². The van der Waals surface area contributed by atoms with Gasteiger partial charge in [0.2, 0.25) is 0 Å². The Bertz CT molecular complexity index is 852. The predicted molar refractivity (Wildman–Crippen MR) is 193 cm³/mol. The summed E-state index contributed by atoms with van der Waals surface area (Å²) in [5, 5.41) is 0. The summed E-state index contributed by atoms with van der Waals surface area (Å²) >= 11 is 0. The summed E-state index contributed by atoms with van der Waals surface area (Å²) in [7, 11) is 13.7. The van der Waals surface area contributed by atoms with Gasteiger partial charge in [-0.05, 0) is 179 Å². The topological polar surface area (TPSA) is 19.4 Å². The van der Waals surface area contributed by atoms with Gasteiger partial charge in [0.15, 0.2) is 0 Å². The Hall–Kier alpha value is -0.240. The Morgan fingerprint density at radius 2 is 1.07 bits per heavy atom. The van der Waals surface area contributed by atoms with Crippen molar-refractivity contribution in [2.24, 2.45) is 29.6 Å². The van der Waals surface area contributed by atoms with E-state index < -0.39 is 0 Å². The van der Waals surface area contributed by atoms with Crippen LogP contribution < -0.4 is 0 Å². The molecule has 0 aromatic heterocycles. The van der Waals surface area contributed by atoms with Gasteiger partial charge >= 0.3 is 0 Å². The van der Waals surface area contributed by atoms with Crippen LogP contribution in [0.4, 0.5) is 0 Å². The fraction of sp³-hybridized carbons (Fsp3) is 1.00. The van der Waals surface area contributed by atoms with Gasteiger partial charge in [-0.3, -0.25) is 0 Å². The first-order valence-corrected chi connectivity index (χ1v) is 18.6. The van der Waals surface area contributed by atoms with Crippen molar-refractivity contribution in [2.75, 3.05) is 81.6 Å². The molecule has 3 fully saturated rings. The minimum Gasteiger partial charge on any atom is -0.306 e. The molecule has 3 heterocycles. The second-order valence-corrected chi connectivity index (χ2v) is 18.0. The van der Waals surface area contributed by atoms with Crippen molar-refractivity contribution < 1.29 is 0 Å². The van der Waals surface area contributed by atoms with Crippen LogP contribution in [-0.2, 0) is 0 Å². The summed E-state index contributed by atoms with van der Waals surface area (Å²) in [5.74, 6) is 3.76. The predicted octanol–water partition coefficient (Wildman–Crippen LogP) is 6.17. The summed E-state index contributed by atoms with van der Waals surface area (Å²) in [5.41, 5.74) is 0.428. The standard InChI is InChI=1S/C38H78N6/c1-28(2)43-23-32(21-35(26-43)37(6,7)40(12)13)20-30(4)44-24-33(22-36(27-44)38(8,9)41(14)15)19-29(3)42-18-16-17-34(25-42)31(5)39(10)11/h28-36H,16-27H2,1-15H3/t29?,30?,31?,32?,33?,34-,35?,36+/m0/s1. The first-order valence-electron chi connectivity index (χ1n) is 18.6. The average Bonchev–Trinajstić information content (AvgIpc) is 2.96. The number of likely N-dealkylation sites (tertiary alicyclic amines) is 3. The van der Waals surface area contributed by atoms with E-state index in [9.17, 15) is 0 Å². The molecule has 3 saturated heterocycles. The summed E-state index contributed by atoms with van der Waals surface area (Å²) in [6.07, 6.45) is 8.15. The molecule has 260 valence electrons. The minimum atomic E-state index is 0.206. The van der Waals surface area contributed by atoms with Crippen molar-refractivity contribution in [3.05, 3.63) is 0 Å². The molecule has 0 amide bonds. The monoisotopic (exact) mass is 619 g/mol. The second-order valence-electron chi connectivity index (χ2n) is 18.0. The maximum Gasteiger partial charge on any atom is 0.0187 e. The van der Waals surface area contributed by atoms with Gasteiger partial charge in [-0.25, -0.2) is 0 Å². The Kier molecular flexibility index (Phi) is 13.7. The van der Waals surface area contributed by atoms with Crippen LogP contribution in [0.25, 0.3) is 0 Å². The average molecular weight is 619 g/mol. The van der Waals surface area contributed by atoms with E-state index in [1.807, 2.05) is 0 Å². The molecule has 3 aliphatic heterocycles. The molecule has 0 aromatic rings. The Labute approximate surface area is 276 Å². The molecule has 3 rings (SSSR count). The van der Waals surface area contributed by atoms with E-state index in [0.717, 1.165) is 17.8 Å². The van der Waals surface area contributed by atoms with Gasteiger partial charge in [-0.1, -0.05) is 0 Å². The highest BCUT2D eigenvalue weighted by atomic mass is 15.2. The molecule has 6 nitrogen and oxygen atoms in total. The Morgan fingerprint density at radius 3 is 1.52 bits per heavy atom. The zero-order valence-electron chi connectivity index (χ0n) is 32.4. The van der Waals surface area contributed by atoms with Crippen LogP contribution in [0, 0.1) is 29.6 Å². The number of piperidine rings is 3. The highest BCUT2D eigenvalue weighted by molar-refractivity contribution is 4.97. The lowest BCUT2D eigenvalue weighted by Gasteiger charge is -2.51. The van der Waals surface area contributed by atoms with E-state index in [4.69, 9.17) is 0 Å². The number of hydrogen-bond donors (Lipinski definition) is 0. The number of hydrogen-bond acceptors (Lipinski definition) is 6. The molecule has 44 heavy (non-hydrogen) atoms. The molecule has 0 saturated carbocycles. The summed E-state index contributed by atoms with van der Waals surface area (Å²) in [6, 6.07) is 2.59. The maximum absolute atomic E-state index is 2.95. The lowest BCUT2D eigenvalue weighted by atomic mass is 9.73. The van der Waals surface area contributed by atoms with Gasteiger partial charge in [-0.2, -0.15) is 0 Å². The van der Waals surface area contributed by atoms with Crippen LogP contribution in [0.5, 0.6) is 0 Å². The Balaban J connectivity index is 1.74. The lowest BCUT2D eigenvalue weighted by Crippen LogP contribution is -2.57. The largest absolute Gasteiger partial charge is 0.306 e. The number of nitrogens with zero attached hydrogens (tertiary/aromatic N) is 6. The van der Waals surface area contributed by atoms with Crippen molar-refractivity contribution in [1.82, 2.24) is 29.4 Å². The summed E-state index contributed by atoms with van der Waals surface area (Å²) < 4.78 is 0. The zero-order chi connectivity index (χ0) is 33.1. The van der Waals surface area contributed by atoms with Gasteiger partial charge in [0.25, 0.3) is 0 Å². The second kappa shape index (κ2) is 15.8. The molecule has 3 aliphatic rings. The zero-order valence-corrected chi connectivity index (χ0v) is 32.4. The molecule has 0 radical (unpaired) electrons. The lowest BCUT2D eigenvalue weighted by molar-refractivity contribution is -0.0171. The molecular formula is C38H78N6. The van der Waals surface area contributed by atoms with Crippen LogP contribution in [-0.4, -0.2) is 146 Å². The van der Waals surface area contributed by atoms with Crippen LogP contribution in [0.15, 0.2) is 0 Å². The molecule has 0 aromatic carbocycles. The van der Waals surface area contributed by atoms with Gasteiger partial charge in [0.1, 0.15) is 0 Å². The SMILES string of the molecule is CC([C@H]1CCCN(C(C)CC2C[C@@H](C(C)(C)N(C)C)CN(C(C)CC3CC(C(C)(C)N(C)C)CN(C(C)C)C3)C2)C1)N(C)C. The van der Waals surface area contributed by atoms with E-state index in [-0.39, 0.29) is 11.1 Å². The van der Waals surface area contributed by atoms with Gasteiger partial charge in [-0.15, -0.1) is 0 Å². The van der Waals surface area contributed by atoms with Gasteiger partial charge in [0, 0.05) is 68.0 Å². The Morgan fingerprint density at radius 1 is 0.614 bits per heavy atom. The molecule has 6 heteroatoms. The van der Waals surface area contributed by atoms with Crippen LogP contribution in [0.2, 0.25) is 0 Å². The molecule has 0 aliphatic carbocycles. The van der Waals surface area contributed by atoms with E-state index in [1.165, 1.54) is 77.8 Å². The minimum absolute atomic E-state index is 0.206. The van der Waals surface area contributed by atoms with Gasteiger partial charge < -0.3 is 29.4 Å². The molecule has 8 atom stereocenters. The first-order chi connectivity index (χ1) is 20.3. The molecular weight excluding hydrogens is 540 g/mol. The van der Waals surface area contributed by atoms with E-state index in [2.05, 4.69) is 134 Å². The molecule has 0 spiro atoms. The van der Waals surface area contributed by atoms with Crippen LogP contribution in [0.3, 0.4) is 0 Å². The number of rotatable bonds is 13. The van der Waals surface area contributed by atoms with Crippen molar-refractivity contribution >= 4 is 0 Å². The van der Waals surface area contributed by atoms with Crippen LogP contribution in [0.1, 0.15) is 101 Å². The summed E-state index contributed by atoms with van der Waals surface area (Å²) in [6.45, 7) is 29.9. The molecule has 0 N–H and O–H groups in total. The maximum atomic E-state index is 2.95. The molecule has 6 unspecified atom stereocenters. The first kappa shape index (κ1) is 38.2. The van der Waals surface area contributed by atoms with Crippen molar-refractivity contribution in [2.45, 2.75) is 136 Å². The van der Waals surface area contributed by atoms with Crippen LogP contribution >= 0.6 is 0 Å². The normalized spacial score (nSPS) is 31.3. The third-order valence-electron chi connectivity index (χ3n) is 13.7.